The average molecular weight is 613 g/mol. The van der Waals surface area contributed by atoms with Gasteiger partial charge in [-0.05, 0) is 72.8 Å². The van der Waals surface area contributed by atoms with Crippen molar-refractivity contribution < 1.29 is 0 Å². The predicted octanol–water partition coefficient (Wildman–Crippen LogP) is 11.9. The van der Waals surface area contributed by atoms with E-state index in [1.165, 1.54) is 61.6 Å². The molecule has 0 saturated carbocycles. The summed E-state index contributed by atoms with van der Waals surface area (Å²) in [6.45, 7) is 0. The molecule has 0 radical (unpaired) electrons. The Morgan fingerprint density at radius 3 is 1.67 bits per heavy atom. The van der Waals surface area contributed by atoms with Gasteiger partial charge in [-0.15, -0.1) is 21.4 Å². The summed E-state index contributed by atoms with van der Waals surface area (Å²) in [7, 11) is -1.80. The Morgan fingerprint density at radius 1 is 0.444 bits per heavy atom. The lowest BCUT2D eigenvalue weighted by atomic mass is 10.1. The highest BCUT2D eigenvalue weighted by Gasteiger charge is 2.33. The van der Waals surface area contributed by atoms with Crippen LogP contribution in [0.3, 0.4) is 0 Å². The summed E-state index contributed by atoms with van der Waals surface area (Å²) in [5, 5.41) is 5.01. The first kappa shape index (κ1) is 26.3. The van der Waals surface area contributed by atoms with Crippen molar-refractivity contribution in [2.45, 2.75) is 19.6 Å². The molecule has 6 aromatic carbocycles. The minimum atomic E-state index is -1.80. The quantitative estimate of drug-likeness (QED) is 0.189. The zero-order chi connectivity index (χ0) is 29.8. The molecule has 0 unspecified atom stereocenters. The number of fused-ring (bicyclic) bond motifs is 6. The van der Waals surface area contributed by atoms with Gasteiger partial charge < -0.3 is 0 Å². The maximum Gasteiger partial charge on any atom is 0.155 e. The Balaban J connectivity index is 1.39. The van der Waals surface area contributed by atoms with Gasteiger partial charge in [0, 0.05) is 52.0 Å². The van der Waals surface area contributed by atoms with Crippen molar-refractivity contribution in [3.8, 4) is 5.82 Å². The van der Waals surface area contributed by atoms with E-state index in [4.69, 9.17) is 4.98 Å². The molecule has 0 spiro atoms. The van der Waals surface area contributed by atoms with E-state index in [-0.39, 0.29) is 0 Å². The third-order valence-electron chi connectivity index (χ3n) is 8.77. The van der Waals surface area contributed by atoms with E-state index in [9.17, 15) is 0 Å². The summed E-state index contributed by atoms with van der Waals surface area (Å²) >= 11 is 1.82. The fraction of sp³-hybridized carbons (Fsp3) is 0. The Labute approximate surface area is 267 Å². The van der Waals surface area contributed by atoms with E-state index in [1.807, 2.05) is 17.5 Å². The van der Waals surface area contributed by atoms with Crippen molar-refractivity contribution in [1.29, 1.82) is 0 Å². The van der Waals surface area contributed by atoms with Crippen LogP contribution in [-0.4, -0.2) is 9.55 Å². The van der Waals surface area contributed by atoms with Gasteiger partial charge in [-0.3, -0.25) is 4.57 Å². The largest absolute Gasteiger partial charge is 0.293 e. The van der Waals surface area contributed by atoms with Crippen LogP contribution in [0.1, 0.15) is 0 Å². The Hall–Kier alpha value is -5.16. The third kappa shape index (κ3) is 3.93. The first-order chi connectivity index (χ1) is 22.3. The fourth-order valence-corrected chi connectivity index (χ4v) is 11.9. The lowest BCUT2D eigenvalue weighted by Gasteiger charge is -2.42. The molecule has 214 valence electrons. The highest BCUT2D eigenvalue weighted by Crippen LogP contribution is 2.73. The molecule has 4 heteroatoms. The summed E-state index contributed by atoms with van der Waals surface area (Å²) in [4.78, 5) is 10.3. The van der Waals surface area contributed by atoms with Gasteiger partial charge in [-0.2, -0.15) is 0 Å². The van der Waals surface area contributed by atoms with E-state index in [0.717, 1.165) is 5.82 Å². The van der Waals surface area contributed by atoms with E-state index < -0.39 is 10.0 Å². The van der Waals surface area contributed by atoms with Gasteiger partial charge in [0.05, 0.1) is 15.7 Å². The van der Waals surface area contributed by atoms with Crippen molar-refractivity contribution in [2.75, 3.05) is 0 Å². The van der Waals surface area contributed by atoms with Gasteiger partial charge in [0.25, 0.3) is 0 Å². The molecule has 0 aliphatic heterocycles. The highest BCUT2D eigenvalue weighted by molar-refractivity contribution is 8.34. The number of thiophene rings is 1. The van der Waals surface area contributed by atoms with Crippen LogP contribution < -0.4 is 0 Å². The standard InChI is InChI=1S/C41H28N2S2/c1-4-14-29(15-5-1)45(30-16-6-2-7-17-30,31-18-8-3-9-19-31)32-24-25-38-36(28-32)33-20-10-12-22-37(33)43(38)41-40-35(26-27-42-41)34-21-11-13-23-39(34)44-40/h1-28H. The molecule has 0 N–H and O–H groups in total. The molecular formula is C41H28N2S2. The number of nitrogens with zero attached hydrogens (tertiary/aromatic N) is 2. The molecule has 3 heterocycles. The zero-order valence-corrected chi connectivity index (χ0v) is 26.0. The number of rotatable bonds is 5. The number of aromatic nitrogens is 2. The van der Waals surface area contributed by atoms with Gasteiger partial charge in [0.1, 0.15) is 0 Å². The summed E-state index contributed by atoms with van der Waals surface area (Å²) < 4.78 is 4.87. The van der Waals surface area contributed by atoms with Crippen molar-refractivity contribution in [3.63, 3.8) is 0 Å². The van der Waals surface area contributed by atoms with Crippen LogP contribution in [0.25, 0.3) is 47.8 Å². The van der Waals surface area contributed by atoms with Gasteiger partial charge in [0.2, 0.25) is 0 Å². The molecule has 0 aliphatic rings. The van der Waals surface area contributed by atoms with Crippen LogP contribution in [0, 0.1) is 0 Å². The predicted molar refractivity (Wildman–Crippen MR) is 191 cm³/mol. The molecule has 45 heavy (non-hydrogen) atoms. The maximum absolute atomic E-state index is 5.04. The summed E-state index contributed by atoms with van der Waals surface area (Å²) in [6, 6.07) is 59.9. The topological polar surface area (TPSA) is 17.8 Å². The van der Waals surface area contributed by atoms with E-state index in [1.54, 1.807) is 0 Å². The van der Waals surface area contributed by atoms with Crippen molar-refractivity contribution >= 4 is 63.3 Å². The normalized spacial score (nSPS) is 12.4. The second kappa shape index (κ2) is 10.5. The number of para-hydroxylation sites is 1. The molecular weight excluding hydrogens is 585 g/mol. The van der Waals surface area contributed by atoms with Crippen LogP contribution in [0.5, 0.6) is 0 Å². The summed E-state index contributed by atoms with van der Waals surface area (Å²) in [6.07, 6.45) is 1.96. The molecule has 0 amide bonds. The van der Waals surface area contributed by atoms with Crippen LogP contribution >= 0.6 is 21.4 Å². The fourth-order valence-electron chi connectivity index (χ4n) is 6.86. The molecule has 0 bridgehead atoms. The first-order valence-corrected chi connectivity index (χ1v) is 17.6. The van der Waals surface area contributed by atoms with Crippen LogP contribution in [0.2, 0.25) is 0 Å². The number of pyridine rings is 1. The lowest BCUT2D eigenvalue weighted by Crippen LogP contribution is -2.05. The SMILES string of the molecule is c1ccc(S(c2ccccc2)(c2ccccc2)c2ccc3c(c2)c2ccccc2n3-c2nccc3c2sc2ccccc23)cc1. The molecule has 0 atom stereocenters. The summed E-state index contributed by atoms with van der Waals surface area (Å²) in [5.74, 6) is 0.987. The average Bonchev–Trinajstić information content (AvgIpc) is 3.66. The molecule has 2 nitrogen and oxygen atoms in total. The number of benzene rings is 6. The Morgan fingerprint density at radius 2 is 1.00 bits per heavy atom. The molecule has 0 saturated heterocycles. The molecule has 9 aromatic rings. The second-order valence-electron chi connectivity index (χ2n) is 11.2. The van der Waals surface area contributed by atoms with Crippen molar-refractivity contribution in [3.05, 3.63) is 170 Å². The smallest absolute Gasteiger partial charge is 0.155 e. The zero-order valence-electron chi connectivity index (χ0n) is 24.4. The Kier molecular flexibility index (Phi) is 6.12. The molecule has 0 fully saturated rings. The van der Waals surface area contributed by atoms with Crippen molar-refractivity contribution in [2.24, 2.45) is 0 Å². The second-order valence-corrected chi connectivity index (χ2v) is 15.4. The van der Waals surface area contributed by atoms with Crippen molar-refractivity contribution in [1.82, 2.24) is 9.55 Å². The first-order valence-electron chi connectivity index (χ1n) is 15.1. The van der Waals surface area contributed by atoms with Crippen LogP contribution in [-0.2, 0) is 0 Å². The van der Waals surface area contributed by atoms with Crippen LogP contribution in [0.4, 0.5) is 0 Å². The third-order valence-corrected chi connectivity index (χ3v) is 13.9. The van der Waals surface area contributed by atoms with E-state index in [2.05, 4.69) is 168 Å². The number of hydrogen-bond donors (Lipinski definition) is 0. The van der Waals surface area contributed by atoms with E-state index in [0.29, 0.717) is 0 Å². The van der Waals surface area contributed by atoms with Gasteiger partial charge >= 0.3 is 0 Å². The van der Waals surface area contributed by atoms with Gasteiger partial charge in [-0.25, -0.2) is 4.98 Å². The highest BCUT2D eigenvalue weighted by atomic mass is 32.3. The minimum absolute atomic E-state index is 0.987. The van der Waals surface area contributed by atoms with E-state index >= 15 is 0 Å². The minimum Gasteiger partial charge on any atom is -0.293 e. The number of hydrogen-bond acceptors (Lipinski definition) is 2. The lowest BCUT2D eigenvalue weighted by molar-refractivity contribution is 1.10. The monoisotopic (exact) mass is 612 g/mol. The van der Waals surface area contributed by atoms with Gasteiger partial charge in [0.15, 0.2) is 5.82 Å². The Bertz CT molecular complexity index is 2380. The molecule has 9 rings (SSSR count). The van der Waals surface area contributed by atoms with Crippen LogP contribution in [0.15, 0.2) is 190 Å². The van der Waals surface area contributed by atoms with Gasteiger partial charge in [-0.1, -0.05) is 91.0 Å². The summed E-state index contributed by atoms with van der Waals surface area (Å²) in [5.41, 5.74) is 2.33. The molecule has 0 aliphatic carbocycles. The molecule has 3 aromatic heterocycles. The maximum atomic E-state index is 5.04.